The van der Waals surface area contributed by atoms with Crippen LogP contribution in [0.4, 0.5) is 4.79 Å². The lowest BCUT2D eigenvalue weighted by Crippen LogP contribution is -2.47. The normalized spacial score (nSPS) is 15.8. The first-order chi connectivity index (χ1) is 11.6. The Kier molecular flexibility index (Phi) is 5.11. The summed E-state index contributed by atoms with van der Waals surface area (Å²) in [5.74, 6) is 1.63. The molecule has 0 aromatic heterocycles. The van der Waals surface area contributed by atoms with E-state index in [1.165, 1.54) is 0 Å². The van der Waals surface area contributed by atoms with Gasteiger partial charge in [0, 0.05) is 11.6 Å². The van der Waals surface area contributed by atoms with Crippen LogP contribution in [0.1, 0.15) is 11.1 Å². The number of benzene rings is 2. The summed E-state index contributed by atoms with van der Waals surface area (Å²) in [5, 5.41) is 6.45. The molecule has 0 saturated carbocycles. The van der Waals surface area contributed by atoms with E-state index in [1.807, 2.05) is 30.3 Å². The molecule has 2 amide bonds. The zero-order valence-electron chi connectivity index (χ0n) is 13.3. The molecule has 3 rings (SSSR count). The topological polar surface area (TPSA) is 59.6 Å². The summed E-state index contributed by atoms with van der Waals surface area (Å²) < 4.78 is 10.9. The predicted molar refractivity (Wildman–Crippen MR) is 92.8 cm³/mol. The highest BCUT2D eigenvalue weighted by atomic mass is 35.5. The first kappa shape index (κ1) is 16.5. The third-order valence-electron chi connectivity index (χ3n) is 3.88. The quantitative estimate of drug-likeness (QED) is 0.894. The van der Waals surface area contributed by atoms with Crippen molar-refractivity contribution in [1.82, 2.24) is 10.6 Å². The molecule has 2 aromatic carbocycles. The molecule has 1 aliphatic rings. The van der Waals surface area contributed by atoms with Crippen LogP contribution in [-0.2, 0) is 13.0 Å². The smallest absolute Gasteiger partial charge is 0.315 e. The largest absolute Gasteiger partial charge is 0.497 e. The number of nitrogens with one attached hydrogen (secondary N) is 2. The Morgan fingerprint density at radius 1 is 1.29 bits per heavy atom. The van der Waals surface area contributed by atoms with Gasteiger partial charge in [0.25, 0.3) is 0 Å². The highest BCUT2D eigenvalue weighted by molar-refractivity contribution is 6.30. The second-order valence-corrected chi connectivity index (χ2v) is 6.08. The molecule has 0 fully saturated rings. The Morgan fingerprint density at radius 3 is 2.83 bits per heavy atom. The Bertz CT molecular complexity index is 719. The van der Waals surface area contributed by atoms with Crippen molar-refractivity contribution in [2.75, 3.05) is 13.7 Å². The van der Waals surface area contributed by atoms with Gasteiger partial charge in [-0.05, 0) is 47.9 Å². The van der Waals surface area contributed by atoms with Crippen molar-refractivity contribution in [1.29, 1.82) is 0 Å². The van der Waals surface area contributed by atoms with E-state index < -0.39 is 0 Å². The lowest BCUT2D eigenvalue weighted by Gasteiger charge is -2.26. The van der Waals surface area contributed by atoms with Crippen molar-refractivity contribution in [3.8, 4) is 11.5 Å². The molecule has 0 unspecified atom stereocenters. The van der Waals surface area contributed by atoms with E-state index in [1.54, 1.807) is 19.2 Å². The molecule has 1 heterocycles. The average molecular weight is 347 g/mol. The minimum atomic E-state index is -0.218. The number of carbonyl (C=O) groups is 1. The van der Waals surface area contributed by atoms with Crippen LogP contribution in [0.25, 0.3) is 0 Å². The molecular weight excluding hydrogens is 328 g/mol. The van der Waals surface area contributed by atoms with Crippen LogP contribution >= 0.6 is 11.6 Å². The minimum Gasteiger partial charge on any atom is -0.497 e. The van der Waals surface area contributed by atoms with Crippen molar-refractivity contribution in [3.05, 3.63) is 58.6 Å². The number of amides is 2. The van der Waals surface area contributed by atoms with Gasteiger partial charge in [0.05, 0.1) is 13.2 Å². The van der Waals surface area contributed by atoms with Crippen LogP contribution in [0.3, 0.4) is 0 Å². The monoisotopic (exact) mass is 346 g/mol. The van der Waals surface area contributed by atoms with Gasteiger partial charge in [0.1, 0.15) is 18.1 Å². The molecule has 0 bridgehead atoms. The Morgan fingerprint density at radius 2 is 2.08 bits per heavy atom. The highest BCUT2D eigenvalue weighted by Gasteiger charge is 2.21. The van der Waals surface area contributed by atoms with Gasteiger partial charge in [-0.1, -0.05) is 23.7 Å². The van der Waals surface area contributed by atoms with Crippen molar-refractivity contribution in [2.24, 2.45) is 0 Å². The summed E-state index contributed by atoms with van der Waals surface area (Å²) in [5.41, 5.74) is 2.02. The number of fused-ring (bicyclic) bond motifs is 1. The van der Waals surface area contributed by atoms with E-state index in [2.05, 4.69) is 10.6 Å². The summed E-state index contributed by atoms with van der Waals surface area (Å²) in [6.45, 7) is 0.898. The lowest BCUT2D eigenvalue weighted by atomic mass is 10.0. The highest BCUT2D eigenvalue weighted by Crippen LogP contribution is 2.28. The summed E-state index contributed by atoms with van der Waals surface area (Å²) in [4.78, 5) is 12.1. The maximum atomic E-state index is 12.1. The number of urea groups is 1. The van der Waals surface area contributed by atoms with Gasteiger partial charge < -0.3 is 20.1 Å². The van der Waals surface area contributed by atoms with Crippen LogP contribution in [0.5, 0.6) is 11.5 Å². The number of hydrogen-bond acceptors (Lipinski definition) is 3. The number of carbonyl (C=O) groups excluding carboxylic acids is 1. The van der Waals surface area contributed by atoms with Gasteiger partial charge in [-0.2, -0.15) is 0 Å². The molecule has 0 radical (unpaired) electrons. The van der Waals surface area contributed by atoms with Crippen molar-refractivity contribution >= 4 is 17.6 Å². The maximum absolute atomic E-state index is 12.1. The Balaban J connectivity index is 1.52. The zero-order valence-corrected chi connectivity index (χ0v) is 14.1. The second-order valence-electron chi connectivity index (χ2n) is 5.64. The van der Waals surface area contributed by atoms with Gasteiger partial charge in [-0.15, -0.1) is 0 Å². The fourth-order valence-corrected chi connectivity index (χ4v) is 2.74. The Hall–Kier alpha value is -2.40. The third kappa shape index (κ3) is 4.11. The van der Waals surface area contributed by atoms with Crippen molar-refractivity contribution < 1.29 is 14.3 Å². The molecule has 2 N–H and O–H groups in total. The van der Waals surface area contributed by atoms with Gasteiger partial charge in [0.15, 0.2) is 0 Å². The van der Waals surface area contributed by atoms with Gasteiger partial charge in [-0.25, -0.2) is 4.79 Å². The number of methoxy groups -OCH3 is 1. The molecule has 126 valence electrons. The molecule has 0 saturated heterocycles. The zero-order chi connectivity index (χ0) is 16.9. The number of rotatable bonds is 4. The van der Waals surface area contributed by atoms with Crippen LogP contribution in [0, 0.1) is 0 Å². The maximum Gasteiger partial charge on any atom is 0.315 e. The van der Waals surface area contributed by atoms with Crippen molar-refractivity contribution in [3.63, 3.8) is 0 Å². The Labute approximate surface area is 145 Å². The van der Waals surface area contributed by atoms with Crippen LogP contribution in [-0.4, -0.2) is 25.8 Å². The van der Waals surface area contributed by atoms with Crippen LogP contribution < -0.4 is 20.1 Å². The predicted octanol–water partition coefficient (Wildman–Crippen LogP) is 3.15. The van der Waals surface area contributed by atoms with E-state index in [4.69, 9.17) is 21.1 Å². The number of hydrogen-bond donors (Lipinski definition) is 2. The average Bonchev–Trinajstić information content (AvgIpc) is 2.60. The van der Waals surface area contributed by atoms with Gasteiger partial charge in [0.2, 0.25) is 0 Å². The molecular formula is C18H19ClN2O3. The number of ether oxygens (including phenoxy) is 2. The van der Waals surface area contributed by atoms with E-state index in [0.717, 1.165) is 22.6 Å². The molecule has 1 atom stereocenters. The molecule has 2 aromatic rings. The molecule has 0 spiro atoms. The van der Waals surface area contributed by atoms with Crippen molar-refractivity contribution in [2.45, 2.75) is 19.0 Å². The first-order valence-electron chi connectivity index (χ1n) is 7.72. The molecule has 1 aliphatic heterocycles. The summed E-state index contributed by atoms with van der Waals surface area (Å²) >= 11 is 5.84. The van der Waals surface area contributed by atoms with Crippen LogP contribution in [0.15, 0.2) is 42.5 Å². The number of halogens is 1. The molecule has 6 heteroatoms. The summed E-state index contributed by atoms with van der Waals surface area (Å²) in [6.07, 6.45) is 0.709. The van der Waals surface area contributed by atoms with E-state index in [-0.39, 0.29) is 12.1 Å². The van der Waals surface area contributed by atoms with Crippen LogP contribution in [0.2, 0.25) is 5.02 Å². The van der Waals surface area contributed by atoms with E-state index in [9.17, 15) is 4.79 Å². The lowest BCUT2D eigenvalue weighted by molar-refractivity contribution is 0.214. The molecule has 24 heavy (non-hydrogen) atoms. The summed E-state index contributed by atoms with van der Waals surface area (Å²) in [7, 11) is 1.63. The first-order valence-corrected chi connectivity index (χ1v) is 8.10. The fourth-order valence-electron chi connectivity index (χ4n) is 2.61. The van der Waals surface area contributed by atoms with Gasteiger partial charge in [-0.3, -0.25) is 0 Å². The third-order valence-corrected chi connectivity index (χ3v) is 4.13. The van der Waals surface area contributed by atoms with E-state index >= 15 is 0 Å². The SMILES string of the molecule is COc1ccc2c(c1)C[C@H](NC(=O)NCc1ccc(Cl)cc1)CO2. The van der Waals surface area contributed by atoms with Gasteiger partial charge >= 0.3 is 6.03 Å². The minimum absolute atomic E-state index is 0.0742. The second kappa shape index (κ2) is 7.45. The standard InChI is InChI=1S/C18H19ClN2O3/c1-23-16-6-7-17-13(9-16)8-15(11-24-17)21-18(22)20-10-12-2-4-14(19)5-3-12/h2-7,9,15H,8,10-11H2,1H3,(H2,20,21,22)/t15-/m0/s1. The molecule has 5 nitrogen and oxygen atoms in total. The summed E-state index contributed by atoms with van der Waals surface area (Å²) in [6, 6.07) is 12.8. The van der Waals surface area contributed by atoms with E-state index in [0.29, 0.717) is 24.6 Å². The fraction of sp³-hybridized carbons (Fsp3) is 0.278. The molecule has 0 aliphatic carbocycles.